The summed E-state index contributed by atoms with van der Waals surface area (Å²) in [5, 5.41) is 27.4. The van der Waals surface area contributed by atoms with Gasteiger partial charge in [0.1, 0.15) is 18.3 Å². The Hall–Kier alpha value is -1.38. The van der Waals surface area contributed by atoms with E-state index >= 15 is 0 Å². The second-order valence-corrected chi connectivity index (χ2v) is 3.10. The second kappa shape index (κ2) is 4.22. The average molecular weight is 197 g/mol. The van der Waals surface area contributed by atoms with Gasteiger partial charge in [-0.3, -0.25) is 4.79 Å². The van der Waals surface area contributed by atoms with Crippen LogP contribution in [0.25, 0.3) is 0 Å². The topological polar surface area (TPSA) is 90.6 Å². The number of rotatable bonds is 1. The molecule has 0 aromatic heterocycles. The Balaban J connectivity index is 2.74. The predicted octanol–water partition coefficient (Wildman–Crippen LogP) is -0.651. The predicted molar refractivity (Wildman–Crippen MR) is 45.8 cm³/mol. The largest absolute Gasteiger partial charge is 0.455 e. The Morgan fingerprint density at radius 3 is 2.57 bits per heavy atom. The average Bonchev–Trinajstić information content (AvgIpc) is 2.13. The van der Waals surface area contributed by atoms with Crippen LogP contribution in [-0.4, -0.2) is 34.5 Å². The monoisotopic (exact) mass is 197 g/mol. The van der Waals surface area contributed by atoms with E-state index in [0.29, 0.717) is 0 Å². The molecule has 0 fully saturated rings. The van der Waals surface area contributed by atoms with Crippen molar-refractivity contribution in [1.82, 2.24) is 0 Å². The van der Waals surface area contributed by atoms with Gasteiger partial charge in [0.05, 0.1) is 12.0 Å². The van der Waals surface area contributed by atoms with Crippen molar-refractivity contribution >= 4 is 5.97 Å². The van der Waals surface area contributed by atoms with E-state index in [1.165, 1.54) is 19.1 Å². The number of hydrogen-bond donors (Lipinski definition) is 2. The van der Waals surface area contributed by atoms with Crippen molar-refractivity contribution in [2.45, 2.75) is 25.2 Å². The van der Waals surface area contributed by atoms with Crippen molar-refractivity contribution in [2.75, 3.05) is 0 Å². The van der Waals surface area contributed by atoms with Gasteiger partial charge >= 0.3 is 5.97 Å². The third-order valence-electron chi connectivity index (χ3n) is 2.01. The molecule has 4 atom stereocenters. The zero-order chi connectivity index (χ0) is 10.7. The molecule has 0 spiro atoms. The minimum absolute atomic E-state index is 0.540. The summed E-state index contributed by atoms with van der Waals surface area (Å²) in [5.74, 6) is -1.29. The maximum absolute atomic E-state index is 10.6. The number of hydrogen-bond acceptors (Lipinski definition) is 5. The fourth-order valence-electron chi connectivity index (χ4n) is 1.28. The molecule has 0 aromatic carbocycles. The summed E-state index contributed by atoms with van der Waals surface area (Å²) in [5.41, 5.74) is 0. The molecular weight excluding hydrogens is 186 g/mol. The number of aliphatic hydroxyl groups excluding tert-OH is 2. The molecule has 0 bridgehead atoms. The SMILES string of the molecule is CC(=O)O[C@H]1C=C[C@H](C#N)[C@@H](O)[C@@H]1O. The van der Waals surface area contributed by atoms with Crippen LogP contribution in [0.1, 0.15) is 6.92 Å². The first-order chi connectivity index (χ1) is 6.56. The lowest BCUT2D eigenvalue weighted by Crippen LogP contribution is -2.44. The molecular formula is C9H11NO4. The summed E-state index contributed by atoms with van der Waals surface area (Å²) in [6.45, 7) is 1.21. The fraction of sp³-hybridized carbons (Fsp3) is 0.556. The Morgan fingerprint density at radius 1 is 1.43 bits per heavy atom. The number of carbonyl (C=O) groups is 1. The molecule has 5 nitrogen and oxygen atoms in total. The molecule has 1 aliphatic rings. The zero-order valence-electron chi connectivity index (χ0n) is 7.62. The van der Waals surface area contributed by atoms with Gasteiger partial charge in [0, 0.05) is 6.92 Å². The number of esters is 1. The highest BCUT2D eigenvalue weighted by Gasteiger charge is 2.35. The van der Waals surface area contributed by atoms with Crippen LogP contribution < -0.4 is 0 Å². The molecule has 14 heavy (non-hydrogen) atoms. The maximum atomic E-state index is 10.6. The number of carbonyl (C=O) groups excluding carboxylic acids is 1. The van der Waals surface area contributed by atoms with Gasteiger partial charge in [0.25, 0.3) is 0 Å². The molecule has 0 unspecified atom stereocenters. The third-order valence-corrected chi connectivity index (χ3v) is 2.01. The minimum atomic E-state index is -1.24. The van der Waals surface area contributed by atoms with Crippen LogP contribution in [0.4, 0.5) is 0 Å². The Kier molecular flexibility index (Phi) is 3.23. The quantitative estimate of drug-likeness (QED) is 0.430. The van der Waals surface area contributed by atoms with Crippen LogP contribution >= 0.6 is 0 Å². The molecule has 0 aliphatic heterocycles. The van der Waals surface area contributed by atoms with Crippen molar-refractivity contribution in [3.05, 3.63) is 12.2 Å². The summed E-state index contributed by atoms with van der Waals surface area (Å²) < 4.78 is 4.72. The summed E-state index contributed by atoms with van der Waals surface area (Å²) in [6, 6.07) is 1.82. The van der Waals surface area contributed by atoms with Gasteiger partial charge in [-0.05, 0) is 6.08 Å². The van der Waals surface area contributed by atoms with Crippen LogP contribution in [0.15, 0.2) is 12.2 Å². The van der Waals surface area contributed by atoms with E-state index in [4.69, 9.17) is 10.00 Å². The lowest BCUT2D eigenvalue weighted by atomic mass is 9.90. The standard InChI is InChI=1S/C9H11NO4/c1-5(11)14-7-3-2-6(4-10)8(12)9(7)13/h2-3,6-9,12-13H,1H3/t6-,7+,8-,9-/m1/s1. The summed E-state index contributed by atoms with van der Waals surface area (Å²) in [6.07, 6.45) is -0.493. The van der Waals surface area contributed by atoms with E-state index < -0.39 is 30.2 Å². The summed E-state index contributed by atoms with van der Waals surface area (Å²) in [4.78, 5) is 10.6. The lowest BCUT2D eigenvalue weighted by molar-refractivity contribution is -0.154. The van der Waals surface area contributed by atoms with Gasteiger partial charge in [-0.25, -0.2) is 0 Å². The highest BCUT2D eigenvalue weighted by atomic mass is 16.6. The smallest absolute Gasteiger partial charge is 0.303 e. The lowest BCUT2D eigenvalue weighted by Gasteiger charge is -2.29. The van der Waals surface area contributed by atoms with Crippen molar-refractivity contribution in [2.24, 2.45) is 5.92 Å². The van der Waals surface area contributed by atoms with Gasteiger partial charge in [-0.2, -0.15) is 5.26 Å². The maximum Gasteiger partial charge on any atom is 0.303 e. The third kappa shape index (κ3) is 2.10. The summed E-state index contributed by atoms with van der Waals surface area (Å²) >= 11 is 0. The molecule has 5 heteroatoms. The van der Waals surface area contributed by atoms with Crippen molar-refractivity contribution in [3.8, 4) is 6.07 Å². The highest BCUT2D eigenvalue weighted by Crippen LogP contribution is 2.20. The normalized spacial score (nSPS) is 36.1. The van der Waals surface area contributed by atoms with Gasteiger partial charge in [0.15, 0.2) is 0 Å². The first-order valence-electron chi connectivity index (χ1n) is 4.17. The minimum Gasteiger partial charge on any atom is -0.455 e. The van der Waals surface area contributed by atoms with E-state index in [-0.39, 0.29) is 0 Å². The van der Waals surface area contributed by atoms with E-state index in [2.05, 4.69) is 0 Å². The van der Waals surface area contributed by atoms with Gasteiger partial charge < -0.3 is 14.9 Å². The molecule has 0 saturated carbocycles. The van der Waals surface area contributed by atoms with Crippen LogP contribution in [0.3, 0.4) is 0 Å². The molecule has 0 amide bonds. The molecule has 76 valence electrons. The Bertz CT molecular complexity index is 294. The van der Waals surface area contributed by atoms with E-state index in [0.717, 1.165) is 0 Å². The summed E-state index contributed by atoms with van der Waals surface area (Å²) in [7, 11) is 0. The fourth-order valence-corrected chi connectivity index (χ4v) is 1.28. The van der Waals surface area contributed by atoms with E-state index in [1.807, 2.05) is 6.07 Å². The van der Waals surface area contributed by atoms with Crippen molar-refractivity contribution < 1.29 is 19.7 Å². The molecule has 2 N–H and O–H groups in total. The number of nitriles is 1. The van der Waals surface area contributed by atoms with Crippen molar-refractivity contribution in [1.29, 1.82) is 5.26 Å². The Labute approximate surface area is 81.2 Å². The Morgan fingerprint density at radius 2 is 2.07 bits per heavy atom. The van der Waals surface area contributed by atoms with Gasteiger partial charge in [0.2, 0.25) is 0 Å². The van der Waals surface area contributed by atoms with E-state index in [9.17, 15) is 15.0 Å². The van der Waals surface area contributed by atoms with Crippen LogP contribution in [0, 0.1) is 17.2 Å². The molecule has 0 saturated heterocycles. The molecule has 0 radical (unpaired) electrons. The highest BCUT2D eigenvalue weighted by molar-refractivity contribution is 5.66. The second-order valence-electron chi connectivity index (χ2n) is 3.10. The van der Waals surface area contributed by atoms with Gasteiger partial charge in [-0.1, -0.05) is 6.08 Å². The molecule has 0 heterocycles. The van der Waals surface area contributed by atoms with Gasteiger partial charge in [-0.15, -0.1) is 0 Å². The van der Waals surface area contributed by atoms with Crippen LogP contribution in [-0.2, 0) is 9.53 Å². The number of ether oxygens (including phenoxy) is 1. The number of nitrogens with zero attached hydrogens (tertiary/aromatic N) is 1. The molecule has 1 rings (SSSR count). The van der Waals surface area contributed by atoms with Crippen molar-refractivity contribution in [3.63, 3.8) is 0 Å². The van der Waals surface area contributed by atoms with Crippen LogP contribution in [0.2, 0.25) is 0 Å². The first kappa shape index (κ1) is 10.7. The van der Waals surface area contributed by atoms with Crippen LogP contribution in [0.5, 0.6) is 0 Å². The zero-order valence-corrected chi connectivity index (χ0v) is 7.62. The molecule has 1 aliphatic carbocycles. The van der Waals surface area contributed by atoms with E-state index in [1.54, 1.807) is 0 Å². The number of aliphatic hydroxyl groups is 2. The molecule has 0 aromatic rings. The first-order valence-corrected chi connectivity index (χ1v) is 4.17.